The maximum absolute atomic E-state index is 5.82. The topological polar surface area (TPSA) is 12.5 Å². The highest BCUT2D eigenvalue weighted by Crippen LogP contribution is 2.50. The zero-order valence-electron chi connectivity index (χ0n) is 9.11. The maximum atomic E-state index is 5.82. The minimum atomic E-state index is 0.113. The largest absolute Gasteiger partial charge is 0.364 e. The van der Waals surface area contributed by atoms with Crippen LogP contribution in [0.15, 0.2) is 30.3 Å². The second-order valence-corrected chi connectivity index (χ2v) is 4.88. The number of hydrogen-bond donors (Lipinski definition) is 0. The van der Waals surface area contributed by atoms with E-state index in [0.29, 0.717) is 0 Å². The average Bonchev–Trinajstić information content (AvgIpc) is 3.13. The van der Waals surface area contributed by atoms with Gasteiger partial charge in [0.05, 0.1) is 6.61 Å². The highest BCUT2D eigenvalue weighted by atomic mass is 16.6. The maximum Gasteiger partial charge on any atom is 0.119 e. The first kappa shape index (κ1) is 9.41. The van der Waals surface area contributed by atoms with Crippen LogP contribution >= 0.6 is 0 Å². The predicted molar refractivity (Wildman–Crippen MR) is 60.6 cm³/mol. The molecule has 1 aromatic carbocycles. The van der Waals surface area contributed by atoms with Crippen molar-refractivity contribution in [3.05, 3.63) is 35.9 Å². The Morgan fingerprint density at radius 3 is 2.27 bits per heavy atom. The van der Waals surface area contributed by atoms with Crippen LogP contribution < -0.4 is 0 Å². The number of benzene rings is 1. The van der Waals surface area contributed by atoms with Crippen molar-refractivity contribution < 1.29 is 4.74 Å². The molecule has 0 amide bonds. The van der Waals surface area contributed by atoms with Gasteiger partial charge in [0, 0.05) is 0 Å². The number of ether oxygens (including phenoxy) is 1. The third kappa shape index (κ3) is 1.59. The summed E-state index contributed by atoms with van der Waals surface area (Å²) < 4.78 is 5.82. The third-order valence-electron chi connectivity index (χ3n) is 3.98. The normalized spacial score (nSPS) is 31.5. The predicted octanol–water partition coefficient (Wildman–Crippen LogP) is 3.49. The van der Waals surface area contributed by atoms with Crippen molar-refractivity contribution in [2.75, 3.05) is 6.61 Å². The zero-order chi connectivity index (χ0) is 10.1. The monoisotopic (exact) mass is 202 g/mol. The Labute approximate surface area is 91.5 Å². The summed E-state index contributed by atoms with van der Waals surface area (Å²) in [6.45, 7) is 0.946. The molecule has 1 saturated heterocycles. The Morgan fingerprint density at radius 2 is 1.67 bits per heavy atom. The van der Waals surface area contributed by atoms with Crippen molar-refractivity contribution in [2.24, 2.45) is 5.92 Å². The second kappa shape index (κ2) is 3.64. The molecule has 1 aromatic rings. The molecule has 1 aliphatic carbocycles. The lowest BCUT2D eigenvalue weighted by molar-refractivity contribution is 0.174. The van der Waals surface area contributed by atoms with E-state index in [0.717, 1.165) is 12.5 Å². The number of epoxide rings is 1. The van der Waals surface area contributed by atoms with Gasteiger partial charge in [-0.2, -0.15) is 0 Å². The molecule has 3 rings (SSSR count). The zero-order valence-corrected chi connectivity index (χ0v) is 9.11. The van der Waals surface area contributed by atoms with Gasteiger partial charge in [-0.05, 0) is 24.3 Å². The summed E-state index contributed by atoms with van der Waals surface area (Å²) in [6.07, 6.45) is 6.91. The molecular formula is C14H18O. The lowest BCUT2D eigenvalue weighted by atomic mass is 9.77. The van der Waals surface area contributed by atoms with Gasteiger partial charge in [-0.3, -0.25) is 0 Å². The van der Waals surface area contributed by atoms with Crippen LogP contribution in [0.2, 0.25) is 0 Å². The standard InChI is InChI=1S/C14H18O/c1-3-7-12(8-4-1)14(11-15-14)13-9-5-2-6-10-13/h1,3-4,7-8,13H,2,5-6,9-11H2. The van der Waals surface area contributed by atoms with Crippen LogP contribution in [0.1, 0.15) is 37.7 Å². The van der Waals surface area contributed by atoms with Crippen molar-refractivity contribution >= 4 is 0 Å². The summed E-state index contributed by atoms with van der Waals surface area (Å²) in [6, 6.07) is 10.8. The molecule has 0 radical (unpaired) electrons. The quantitative estimate of drug-likeness (QED) is 0.669. The van der Waals surface area contributed by atoms with Crippen LogP contribution in [-0.2, 0) is 10.3 Å². The van der Waals surface area contributed by atoms with Crippen LogP contribution in [0.5, 0.6) is 0 Å². The van der Waals surface area contributed by atoms with Gasteiger partial charge in [0.2, 0.25) is 0 Å². The van der Waals surface area contributed by atoms with Crippen LogP contribution in [0, 0.1) is 5.92 Å². The molecule has 0 N–H and O–H groups in total. The lowest BCUT2D eigenvalue weighted by Crippen LogP contribution is -2.24. The van der Waals surface area contributed by atoms with E-state index in [-0.39, 0.29) is 5.60 Å². The molecule has 1 nitrogen and oxygen atoms in total. The van der Waals surface area contributed by atoms with Gasteiger partial charge in [-0.25, -0.2) is 0 Å². The third-order valence-corrected chi connectivity index (χ3v) is 3.98. The summed E-state index contributed by atoms with van der Waals surface area (Å²) in [5.41, 5.74) is 1.51. The molecule has 1 heterocycles. The van der Waals surface area contributed by atoms with Crippen LogP contribution in [0.25, 0.3) is 0 Å². The minimum Gasteiger partial charge on any atom is -0.364 e. The number of rotatable bonds is 2. The fourth-order valence-electron chi connectivity index (χ4n) is 3.00. The highest BCUT2D eigenvalue weighted by molar-refractivity contribution is 5.28. The van der Waals surface area contributed by atoms with Gasteiger partial charge in [-0.15, -0.1) is 0 Å². The first-order valence-corrected chi connectivity index (χ1v) is 6.11. The smallest absolute Gasteiger partial charge is 0.119 e. The van der Waals surface area contributed by atoms with Crippen molar-refractivity contribution in [3.63, 3.8) is 0 Å². The summed E-state index contributed by atoms with van der Waals surface area (Å²) in [7, 11) is 0. The Kier molecular flexibility index (Phi) is 2.28. The molecule has 80 valence electrons. The van der Waals surface area contributed by atoms with Gasteiger partial charge < -0.3 is 4.74 Å². The van der Waals surface area contributed by atoms with E-state index in [4.69, 9.17) is 4.74 Å². The fourth-order valence-corrected chi connectivity index (χ4v) is 3.00. The molecule has 15 heavy (non-hydrogen) atoms. The van der Waals surface area contributed by atoms with Gasteiger partial charge in [0.1, 0.15) is 5.60 Å². The van der Waals surface area contributed by atoms with Gasteiger partial charge in [0.25, 0.3) is 0 Å². The Balaban J connectivity index is 1.84. The molecular weight excluding hydrogens is 184 g/mol. The molecule has 1 heteroatoms. The summed E-state index contributed by atoms with van der Waals surface area (Å²) in [5, 5.41) is 0. The molecule has 1 unspecified atom stereocenters. The first-order chi connectivity index (χ1) is 7.42. The van der Waals surface area contributed by atoms with E-state index in [1.54, 1.807) is 0 Å². The molecule has 2 aliphatic rings. The fraction of sp³-hybridized carbons (Fsp3) is 0.571. The van der Waals surface area contributed by atoms with E-state index in [2.05, 4.69) is 30.3 Å². The Hall–Kier alpha value is -0.820. The van der Waals surface area contributed by atoms with E-state index >= 15 is 0 Å². The second-order valence-electron chi connectivity index (χ2n) is 4.88. The van der Waals surface area contributed by atoms with Crippen molar-refractivity contribution in [1.82, 2.24) is 0 Å². The molecule has 0 bridgehead atoms. The lowest BCUT2D eigenvalue weighted by Gasteiger charge is -2.28. The molecule has 1 aliphatic heterocycles. The molecule has 0 aromatic heterocycles. The summed E-state index contributed by atoms with van der Waals surface area (Å²) in [5.74, 6) is 0.772. The van der Waals surface area contributed by atoms with Gasteiger partial charge >= 0.3 is 0 Å². The van der Waals surface area contributed by atoms with Crippen LogP contribution in [0.4, 0.5) is 0 Å². The van der Waals surface area contributed by atoms with Crippen molar-refractivity contribution in [1.29, 1.82) is 0 Å². The molecule has 0 spiro atoms. The Morgan fingerprint density at radius 1 is 1.00 bits per heavy atom. The van der Waals surface area contributed by atoms with Crippen molar-refractivity contribution in [3.8, 4) is 0 Å². The van der Waals surface area contributed by atoms with Gasteiger partial charge in [-0.1, -0.05) is 49.6 Å². The average molecular weight is 202 g/mol. The summed E-state index contributed by atoms with van der Waals surface area (Å²) in [4.78, 5) is 0. The highest BCUT2D eigenvalue weighted by Gasteiger charge is 2.52. The van der Waals surface area contributed by atoms with E-state index in [1.807, 2.05) is 0 Å². The van der Waals surface area contributed by atoms with E-state index in [9.17, 15) is 0 Å². The minimum absolute atomic E-state index is 0.113. The summed E-state index contributed by atoms with van der Waals surface area (Å²) >= 11 is 0. The first-order valence-electron chi connectivity index (χ1n) is 6.11. The van der Waals surface area contributed by atoms with E-state index < -0.39 is 0 Å². The molecule has 1 atom stereocenters. The van der Waals surface area contributed by atoms with Crippen LogP contribution in [0.3, 0.4) is 0 Å². The SMILES string of the molecule is c1ccc(C2(C3CCCCC3)CO2)cc1. The molecule has 1 saturated carbocycles. The van der Waals surface area contributed by atoms with Gasteiger partial charge in [0.15, 0.2) is 0 Å². The Bertz CT molecular complexity index is 320. The van der Waals surface area contributed by atoms with Crippen LogP contribution in [-0.4, -0.2) is 6.61 Å². The molecule has 2 fully saturated rings. The van der Waals surface area contributed by atoms with E-state index in [1.165, 1.54) is 37.7 Å². The number of hydrogen-bond acceptors (Lipinski definition) is 1. The van der Waals surface area contributed by atoms with Crippen molar-refractivity contribution in [2.45, 2.75) is 37.7 Å².